The number of nitrogen functional groups attached to an aromatic ring is 1. The molecule has 2 rings (SSSR count). The maximum absolute atomic E-state index is 11.9. The van der Waals surface area contributed by atoms with Gasteiger partial charge in [-0.25, -0.2) is 4.98 Å². The number of hydrogen-bond acceptors (Lipinski definition) is 4. The van der Waals surface area contributed by atoms with Gasteiger partial charge in [-0.3, -0.25) is 4.79 Å². The molecule has 1 heterocycles. The van der Waals surface area contributed by atoms with E-state index in [0.717, 1.165) is 5.01 Å². The molecule has 0 spiro atoms. The summed E-state index contributed by atoms with van der Waals surface area (Å²) < 4.78 is 0. The zero-order chi connectivity index (χ0) is 12.4. The van der Waals surface area contributed by atoms with E-state index < -0.39 is 0 Å². The Labute approximate surface area is 107 Å². The van der Waals surface area contributed by atoms with Crippen LogP contribution in [-0.4, -0.2) is 10.9 Å². The topological polar surface area (TPSA) is 68.0 Å². The van der Waals surface area contributed by atoms with Gasteiger partial charge in [0, 0.05) is 5.38 Å². The van der Waals surface area contributed by atoms with Crippen molar-refractivity contribution in [2.24, 2.45) is 0 Å². The number of nitrogens with two attached hydrogens (primary N) is 1. The summed E-state index contributed by atoms with van der Waals surface area (Å²) in [7, 11) is 0. The number of para-hydroxylation sites is 1. The molecule has 3 N–H and O–H groups in total. The highest BCUT2D eigenvalue weighted by atomic mass is 35.5. The van der Waals surface area contributed by atoms with E-state index in [0.29, 0.717) is 22.1 Å². The summed E-state index contributed by atoms with van der Waals surface area (Å²) in [5, 5.41) is 5.59. The number of benzene rings is 1. The molecule has 0 atom stereocenters. The van der Waals surface area contributed by atoms with E-state index in [-0.39, 0.29) is 5.91 Å². The quantitative estimate of drug-likeness (QED) is 0.822. The lowest BCUT2D eigenvalue weighted by Crippen LogP contribution is -2.14. The Morgan fingerprint density at radius 2 is 2.29 bits per heavy atom. The zero-order valence-electron chi connectivity index (χ0n) is 9.03. The molecule has 1 aromatic heterocycles. The molecule has 0 unspecified atom stereocenters. The van der Waals surface area contributed by atoms with Crippen molar-refractivity contribution in [2.45, 2.75) is 6.92 Å². The van der Waals surface area contributed by atoms with Crippen LogP contribution >= 0.6 is 22.9 Å². The number of hydrogen-bond donors (Lipinski definition) is 2. The van der Waals surface area contributed by atoms with Crippen LogP contribution in [0.2, 0.25) is 5.02 Å². The van der Waals surface area contributed by atoms with Gasteiger partial charge in [0.05, 0.1) is 21.4 Å². The minimum absolute atomic E-state index is 0.311. The molecule has 6 heteroatoms. The number of halogens is 1. The van der Waals surface area contributed by atoms with E-state index in [1.165, 1.54) is 11.3 Å². The molecule has 88 valence electrons. The first-order chi connectivity index (χ1) is 8.08. The van der Waals surface area contributed by atoms with E-state index in [1.807, 2.05) is 6.92 Å². The van der Waals surface area contributed by atoms with Gasteiger partial charge < -0.3 is 11.1 Å². The Morgan fingerprint density at radius 3 is 2.88 bits per heavy atom. The van der Waals surface area contributed by atoms with Crippen LogP contribution in [0.15, 0.2) is 23.6 Å². The van der Waals surface area contributed by atoms with Gasteiger partial charge in [0.15, 0.2) is 0 Å². The summed E-state index contributed by atoms with van der Waals surface area (Å²) in [5.74, 6) is -0.311. The molecule has 2 aromatic rings. The Balaban J connectivity index is 2.24. The number of amides is 1. The number of thiazole rings is 1. The van der Waals surface area contributed by atoms with Gasteiger partial charge in [-0.15, -0.1) is 11.3 Å². The molecule has 0 aliphatic rings. The summed E-state index contributed by atoms with van der Waals surface area (Å²) in [5.41, 5.74) is 6.95. The molecule has 0 fully saturated rings. The van der Waals surface area contributed by atoms with Crippen LogP contribution < -0.4 is 11.1 Å². The molecule has 0 saturated heterocycles. The molecule has 0 radical (unpaired) electrons. The molecule has 1 amide bonds. The Kier molecular flexibility index (Phi) is 3.31. The summed E-state index contributed by atoms with van der Waals surface area (Å²) in [6.07, 6.45) is 0. The van der Waals surface area contributed by atoms with Gasteiger partial charge in [0.1, 0.15) is 5.69 Å². The Hall–Kier alpha value is -1.59. The van der Waals surface area contributed by atoms with Gasteiger partial charge in [-0.05, 0) is 19.1 Å². The van der Waals surface area contributed by atoms with E-state index >= 15 is 0 Å². The van der Waals surface area contributed by atoms with Crippen molar-refractivity contribution in [3.8, 4) is 0 Å². The Bertz CT molecular complexity index is 547. The van der Waals surface area contributed by atoms with Gasteiger partial charge in [0.2, 0.25) is 0 Å². The van der Waals surface area contributed by atoms with Crippen LogP contribution in [0.3, 0.4) is 0 Å². The summed E-state index contributed by atoms with van der Waals surface area (Å²) in [6.45, 7) is 1.84. The fraction of sp³-hybridized carbons (Fsp3) is 0.0909. The number of carbonyl (C=O) groups is 1. The normalized spacial score (nSPS) is 10.2. The smallest absolute Gasteiger partial charge is 0.275 e. The molecule has 0 aliphatic carbocycles. The maximum atomic E-state index is 11.9. The van der Waals surface area contributed by atoms with Crippen LogP contribution in [0.4, 0.5) is 11.4 Å². The number of aromatic nitrogens is 1. The summed E-state index contributed by atoms with van der Waals surface area (Å²) in [6, 6.07) is 5.06. The van der Waals surface area contributed by atoms with Crippen LogP contribution in [-0.2, 0) is 0 Å². The van der Waals surface area contributed by atoms with E-state index in [9.17, 15) is 4.79 Å². The average Bonchev–Trinajstić information content (AvgIpc) is 2.70. The van der Waals surface area contributed by atoms with Crippen molar-refractivity contribution < 1.29 is 4.79 Å². The van der Waals surface area contributed by atoms with E-state index in [2.05, 4.69) is 10.3 Å². The highest BCUT2D eigenvalue weighted by Crippen LogP contribution is 2.28. The molecule has 0 aliphatic heterocycles. The van der Waals surface area contributed by atoms with E-state index in [4.69, 9.17) is 17.3 Å². The second kappa shape index (κ2) is 4.73. The van der Waals surface area contributed by atoms with Crippen molar-refractivity contribution in [1.29, 1.82) is 0 Å². The standard InChI is InChI=1S/C11H10ClN3OS/c1-6-14-9(5-17-6)11(16)15-10-7(12)3-2-4-8(10)13/h2-5H,13H2,1H3,(H,15,16). The maximum Gasteiger partial charge on any atom is 0.275 e. The monoisotopic (exact) mass is 267 g/mol. The largest absolute Gasteiger partial charge is 0.397 e. The predicted molar refractivity (Wildman–Crippen MR) is 70.7 cm³/mol. The highest BCUT2D eigenvalue weighted by molar-refractivity contribution is 7.09. The Morgan fingerprint density at radius 1 is 1.53 bits per heavy atom. The van der Waals surface area contributed by atoms with Crippen LogP contribution in [0.5, 0.6) is 0 Å². The van der Waals surface area contributed by atoms with Gasteiger partial charge in [-0.2, -0.15) is 0 Å². The zero-order valence-corrected chi connectivity index (χ0v) is 10.6. The lowest BCUT2D eigenvalue weighted by atomic mass is 10.2. The van der Waals surface area contributed by atoms with Gasteiger partial charge >= 0.3 is 0 Å². The first-order valence-electron chi connectivity index (χ1n) is 4.85. The lowest BCUT2D eigenvalue weighted by Gasteiger charge is -2.08. The van der Waals surface area contributed by atoms with Crippen LogP contribution in [0.1, 0.15) is 15.5 Å². The van der Waals surface area contributed by atoms with Gasteiger partial charge in [-0.1, -0.05) is 17.7 Å². The first kappa shape index (κ1) is 11.9. The molecule has 1 aromatic carbocycles. The average molecular weight is 268 g/mol. The highest BCUT2D eigenvalue weighted by Gasteiger charge is 2.13. The number of anilines is 2. The van der Waals surface area contributed by atoms with Crippen molar-refractivity contribution in [3.63, 3.8) is 0 Å². The number of rotatable bonds is 2. The van der Waals surface area contributed by atoms with Gasteiger partial charge in [0.25, 0.3) is 5.91 Å². The van der Waals surface area contributed by atoms with Crippen molar-refractivity contribution in [3.05, 3.63) is 39.3 Å². The van der Waals surface area contributed by atoms with Crippen molar-refractivity contribution in [1.82, 2.24) is 4.98 Å². The number of nitrogens with zero attached hydrogens (tertiary/aromatic N) is 1. The molecular formula is C11H10ClN3OS. The summed E-state index contributed by atoms with van der Waals surface area (Å²) in [4.78, 5) is 15.9. The van der Waals surface area contributed by atoms with Crippen LogP contribution in [0, 0.1) is 6.92 Å². The number of aryl methyl sites for hydroxylation is 1. The molecule has 0 bridgehead atoms. The molecule has 17 heavy (non-hydrogen) atoms. The van der Waals surface area contributed by atoms with Crippen molar-refractivity contribution in [2.75, 3.05) is 11.1 Å². The number of carbonyl (C=O) groups excluding carboxylic acids is 1. The summed E-state index contributed by atoms with van der Waals surface area (Å²) >= 11 is 7.37. The third kappa shape index (κ3) is 2.57. The minimum atomic E-state index is -0.311. The lowest BCUT2D eigenvalue weighted by molar-refractivity contribution is 0.102. The SMILES string of the molecule is Cc1nc(C(=O)Nc2c(N)cccc2Cl)cs1. The molecular weight excluding hydrogens is 258 g/mol. The fourth-order valence-corrected chi connectivity index (χ4v) is 2.14. The molecule has 4 nitrogen and oxygen atoms in total. The van der Waals surface area contributed by atoms with Crippen molar-refractivity contribution >= 4 is 40.2 Å². The predicted octanol–water partition coefficient (Wildman–Crippen LogP) is 2.94. The first-order valence-corrected chi connectivity index (χ1v) is 6.11. The third-order valence-electron chi connectivity index (χ3n) is 2.14. The fourth-order valence-electron chi connectivity index (χ4n) is 1.32. The molecule has 0 saturated carbocycles. The number of nitrogens with one attached hydrogen (secondary N) is 1. The second-order valence-corrected chi connectivity index (χ2v) is 4.88. The third-order valence-corrected chi connectivity index (χ3v) is 3.22. The second-order valence-electron chi connectivity index (χ2n) is 3.41. The van der Waals surface area contributed by atoms with E-state index in [1.54, 1.807) is 23.6 Å². The minimum Gasteiger partial charge on any atom is -0.397 e. The van der Waals surface area contributed by atoms with Crippen LogP contribution in [0.25, 0.3) is 0 Å².